The molecule has 0 radical (unpaired) electrons. The minimum Gasteiger partial charge on any atom is -0.397 e. The summed E-state index contributed by atoms with van der Waals surface area (Å²) < 4.78 is 0. The SMILES string of the molecule is Nc1cccc(-c2ccc3c4ccccc4c4ccccc4c3c2)c1N. The van der Waals surface area contributed by atoms with Gasteiger partial charge in [0.2, 0.25) is 0 Å². The second kappa shape index (κ2) is 5.50. The van der Waals surface area contributed by atoms with Crippen molar-refractivity contribution in [1.82, 2.24) is 0 Å². The lowest BCUT2D eigenvalue weighted by atomic mass is 9.92. The zero-order valence-electron chi connectivity index (χ0n) is 14.2. The Hall–Kier alpha value is -3.52. The zero-order valence-corrected chi connectivity index (χ0v) is 14.2. The second-order valence-corrected chi connectivity index (χ2v) is 6.66. The topological polar surface area (TPSA) is 52.0 Å². The molecule has 0 aliphatic rings. The maximum Gasteiger partial charge on any atom is 0.0627 e. The van der Waals surface area contributed by atoms with E-state index in [0.29, 0.717) is 11.4 Å². The first-order valence-electron chi connectivity index (χ1n) is 8.71. The Balaban J connectivity index is 1.94. The first-order valence-corrected chi connectivity index (χ1v) is 8.71. The second-order valence-electron chi connectivity index (χ2n) is 6.66. The summed E-state index contributed by atoms with van der Waals surface area (Å²) in [6.45, 7) is 0. The third-order valence-corrected chi connectivity index (χ3v) is 5.20. The Morgan fingerprint density at radius 3 is 1.62 bits per heavy atom. The number of fused-ring (bicyclic) bond motifs is 6. The lowest BCUT2D eigenvalue weighted by Gasteiger charge is -2.13. The lowest BCUT2D eigenvalue weighted by Crippen LogP contribution is -1.96. The fraction of sp³-hybridized carbons (Fsp3) is 0. The molecule has 0 saturated carbocycles. The number of para-hydroxylation sites is 1. The average Bonchev–Trinajstić information content (AvgIpc) is 2.70. The van der Waals surface area contributed by atoms with Gasteiger partial charge in [0.25, 0.3) is 0 Å². The summed E-state index contributed by atoms with van der Waals surface area (Å²) in [5, 5.41) is 7.57. The van der Waals surface area contributed by atoms with Crippen LogP contribution in [-0.2, 0) is 0 Å². The van der Waals surface area contributed by atoms with E-state index in [1.54, 1.807) is 0 Å². The third-order valence-electron chi connectivity index (χ3n) is 5.20. The molecule has 0 aromatic heterocycles. The van der Waals surface area contributed by atoms with Crippen molar-refractivity contribution in [3.8, 4) is 11.1 Å². The zero-order chi connectivity index (χ0) is 17.7. The van der Waals surface area contributed by atoms with E-state index in [2.05, 4.69) is 66.7 Å². The van der Waals surface area contributed by atoms with Gasteiger partial charge in [0.15, 0.2) is 0 Å². The van der Waals surface area contributed by atoms with Gasteiger partial charge in [0, 0.05) is 5.56 Å². The van der Waals surface area contributed by atoms with Crippen LogP contribution in [0.15, 0.2) is 84.9 Å². The van der Waals surface area contributed by atoms with E-state index < -0.39 is 0 Å². The van der Waals surface area contributed by atoms with E-state index in [9.17, 15) is 0 Å². The van der Waals surface area contributed by atoms with Crippen molar-refractivity contribution >= 4 is 43.7 Å². The van der Waals surface area contributed by atoms with E-state index in [-0.39, 0.29) is 0 Å². The summed E-state index contributed by atoms with van der Waals surface area (Å²) in [5.74, 6) is 0. The van der Waals surface area contributed by atoms with Crippen LogP contribution in [0, 0.1) is 0 Å². The van der Waals surface area contributed by atoms with Gasteiger partial charge in [-0.2, -0.15) is 0 Å². The summed E-state index contributed by atoms with van der Waals surface area (Å²) >= 11 is 0. The third kappa shape index (κ3) is 2.06. The van der Waals surface area contributed by atoms with Crippen molar-refractivity contribution in [3.05, 3.63) is 84.9 Å². The van der Waals surface area contributed by atoms with E-state index >= 15 is 0 Å². The molecular weight excluding hydrogens is 316 g/mol. The van der Waals surface area contributed by atoms with Crippen molar-refractivity contribution < 1.29 is 0 Å². The smallest absolute Gasteiger partial charge is 0.0627 e. The van der Waals surface area contributed by atoms with Crippen LogP contribution in [0.5, 0.6) is 0 Å². The highest BCUT2D eigenvalue weighted by Gasteiger charge is 2.11. The van der Waals surface area contributed by atoms with Crippen LogP contribution in [0.3, 0.4) is 0 Å². The fourth-order valence-electron chi connectivity index (χ4n) is 3.91. The highest BCUT2D eigenvalue weighted by molar-refractivity contribution is 6.25. The molecule has 26 heavy (non-hydrogen) atoms. The van der Waals surface area contributed by atoms with Crippen molar-refractivity contribution in [2.24, 2.45) is 0 Å². The monoisotopic (exact) mass is 334 g/mol. The molecule has 0 heterocycles. The van der Waals surface area contributed by atoms with Gasteiger partial charge in [-0.05, 0) is 50.0 Å². The van der Waals surface area contributed by atoms with Crippen LogP contribution in [0.2, 0.25) is 0 Å². The first-order chi connectivity index (χ1) is 12.7. The Morgan fingerprint density at radius 2 is 1.00 bits per heavy atom. The Bertz CT molecular complexity index is 1270. The van der Waals surface area contributed by atoms with E-state index in [0.717, 1.165) is 11.1 Å². The molecule has 0 fully saturated rings. The molecule has 0 amide bonds. The van der Waals surface area contributed by atoms with Gasteiger partial charge >= 0.3 is 0 Å². The number of benzene rings is 5. The van der Waals surface area contributed by atoms with Crippen LogP contribution in [0.4, 0.5) is 11.4 Å². The number of nitrogens with two attached hydrogens (primary N) is 2. The van der Waals surface area contributed by atoms with Crippen molar-refractivity contribution in [2.75, 3.05) is 11.5 Å². The van der Waals surface area contributed by atoms with Crippen molar-refractivity contribution in [2.45, 2.75) is 0 Å². The number of hydrogen-bond donors (Lipinski definition) is 2. The largest absolute Gasteiger partial charge is 0.397 e. The molecule has 0 saturated heterocycles. The maximum atomic E-state index is 6.24. The number of rotatable bonds is 1. The first kappa shape index (κ1) is 14.8. The highest BCUT2D eigenvalue weighted by Crippen LogP contribution is 2.38. The molecule has 5 rings (SSSR count). The summed E-state index contributed by atoms with van der Waals surface area (Å²) in [7, 11) is 0. The van der Waals surface area contributed by atoms with E-state index in [1.165, 1.54) is 32.3 Å². The molecular formula is C24H18N2. The molecule has 5 aromatic rings. The predicted molar refractivity (Wildman–Crippen MR) is 113 cm³/mol. The van der Waals surface area contributed by atoms with E-state index in [4.69, 9.17) is 11.5 Å². The minimum atomic E-state index is 0.617. The molecule has 124 valence electrons. The average molecular weight is 334 g/mol. The van der Waals surface area contributed by atoms with Gasteiger partial charge < -0.3 is 11.5 Å². The van der Waals surface area contributed by atoms with Crippen LogP contribution in [0.1, 0.15) is 0 Å². The summed E-state index contributed by atoms with van der Waals surface area (Å²) in [5.41, 5.74) is 15.6. The van der Waals surface area contributed by atoms with Gasteiger partial charge in [-0.3, -0.25) is 0 Å². The number of anilines is 2. The normalized spacial score (nSPS) is 11.4. The Labute approximate surface area is 151 Å². The minimum absolute atomic E-state index is 0.617. The highest BCUT2D eigenvalue weighted by atomic mass is 14.7. The Morgan fingerprint density at radius 1 is 0.462 bits per heavy atom. The lowest BCUT2D eigenvalue weighted by molar-refractivity contribution is 1.62. The molecule has 0 bridgehead atoms. The Kier molecular flexibility index (Phi) is 3.13. The molecule has 0 spiro atoms. The van der Waals surface area contributed by atoms with Gasteiger partial charge in [0.1, 0.15) is 0 Å². The molecule has 4 N–H and O–H groups in total. The van der Waals surface area contributed by atoms with Gasteiger partial charge in [-0.15, -0.1) is 0 Å². The maximum absolute atomic E-state index is 6.24. The quantitative estimate of drug-likeness (QED) is 0.293. The van der Waals surface area contributed by atoms with Crippen LogP contribution in [0.25, 0.3) is 43.4 Å². The van der Waals surface area contributed by atoms with Crippen LogP contribution in [-0.4, -0.2) is 0 Å². The molecule has 0 aliphatic carbocycles. The van der Waals surface area contributed by atoms with E-state index in [1.807, 2.05) is 18.2 Å². The molecule has 2 heteroatoms. The molecule has 0 unspecified atom stereocenters. The number of nitrogen functional groups attached to an aromatic ring is 2. The van der Waals surface area contributed by atoms with Gasteiger partial charge in [-0.25, -0.2) is 0 Å². The van der Waals surface area contributed by atoms with Gasteiger partial charge in [-0.1, -0.05) is 72.8 Å². The fourth-order valence-corrected chi connectivity index (χ4v) is 3.91. The summed E-state index contributed by atoms with van der Waals surface area (Å²) in [4.78, 5) is 0. The molecule has 0 aliphatic heterocycles. The summed E-state index contributed by atoms with van der Waals surface area (Å²) in [6, 6.07) is 29.5. The summed E-state index contributed by atoms with van der Waals surface area (Å²) in [6.07, 6.45) is 0. The van der Waals surface area contributed by atoms with Crippen molar-refractivity contribution in [3.63, 3.8) is 0 Å². The van der Waals surface area contributed by atoms with Gasteiger partial charge in [0.05, 0.1) is 11.4 Å². The molecule has 0 atom stereocenters. The standard InChI is InChI=1S/C24H18N2/c25-23-11-5-10-16(24(23)26)15-12-13-21-19-8-2-1-6-17(19)18-7-3-4-9-20(18)22(21)14-15/h1-14H,25-26H2. The molecule has 5 aromatic carbocycles. The number of hydrogen-bond acceptors (Lipinski definition) is 2. The predicted octanol–water partition coefficient (Wildman–Crippen LogP) is 5.98. The van der Waals surface area contributed by atoms with Crippen LogP contribution >= 0.6 is 0 Å². The van der Waals surface area contributed by atoms with Crippen molar-refractivity contribution in [1.29, 1.82) is 0 Å². The van der Waals surface area contributed by atoms with Crippen LogP contribution < -0.4 is 11.5 Å². The molecule has 2 nitrogen and oxygen atoms in total.